The van der Waals surface area contributed by atoms with Gasteiger partial charge in [-0.25, -0.2) is 0 Å². The van der Waals surface area contributed by atoms with Gasteiger partial charge in [-0.1, -0.05) is 26.8 Å². The third-order valence-electron chi connectivity index (χ3n) is 3.02. The Bertz CT molecular complexity index is 364. The second kappa shape index (κ2) is 8.94. The first-order chi connectivity index (χ1) is 9.17. The van der Waals surface area contributed by atoms with Crippen molar-refractivity contribution >= 4 is 0 Å². The molecule has 0 saturated carbocycles. The van der Waals surface area contributed by atoms with Crippen LogP contribution >= 0.6 is 0 Å². The highest BCUT2D eigenvalue weighted by atomic mass is 16.5. The maximum atomic E-state index is 5.73. The van der Waals surface area contributed by atoms with Gasteiger partial charge < -0.3 is 14.8 Å². The number of methoxy groups -OCH3 is 1. The highest BCUT2D eigenvalue weighted by molar-refractivity contribution is 5.36. The lowest BCUT2D eigenvalue weighted by Crippen LogP contribution is -2.12. The summed E-state index contributed by atoms with van der Waals surface area (Å²) in [5.41, 5.74) is 2.40. The van der Waals surface area contributed by atoms with E-state index in [0.29, 0.717) is 12.5 Å². The van der Waals surface area contributed by atoms with Crippen molar-refractivity contribution in [2.45, 2.75) is 40.3 Å². The van der Waals surface area contributed by atoms with Crippen LogP contribution in [0.5, 0.6) is 5.75 Å². The average molecular weight is 265 g/mol. The van der Waals surface area contributed by atoms with Gasteiger partial charge >= 0.3 is 0 Å². The van der Waals surface area contributed by atoms with Gasteiger partial charge in [0.2, 0.25) is 0 Å². The third kappa shape index (κ3) is 6.08. The Morgan fingerprint density at radius 1 is 1.26 bits per heavy atom. The van der Waals surface area contributed by atoms with Crippen LogP contribution in [0.3, 0.4) is 0 Å². The van der Waals surface area contributed by atoms with E-state index in [1.54, 1.807) is 7.11 Å². The van der Waals surface area contributed by atoms with Gasteiger partial charge in [-0.2, -0.15) is 0 Å². The molecule has 0 spiro atoms. The van der Waals surface area contributed by atoms with Crippen LogP contribution in [-0.4, -0.2) is 20.3 Å². The highest BCUT2D eigenvalue weighted by Gasteiger charge is 2.05. The first kappa shape index (κ1) is 16.0. The van der Waals surface area contributed by atoms with Gasteiger partial charge in [0.1, 0.15) is 5.75 Å². The third-order valence-corrected chi connectivity index (χ3v) is 3.02. The normalized spacial score (nSPS) is 11.0. The summed E-state index contributed by atoms with van der Waals surface area (Å²) in [7, 11) is 1.71. The maximum absolute atomic E-state index is 5.73. The molecule has 1 aromatic rings. The molecule has 108 valence electrons. The summed E-state index contributed by atoms with van der Waals surface area (Å²) in [6.07, 6.45) is 1.10. The molecule has 0 aliphatic heterocycles. The molecule has 0 radical (unpaired) electrons. The fraction of sp³-hybridized carbons (Fsp3) is 0.625. The number of hydrogen-bond donors (Lipinski definition) is 1. The summed E-state index contributed by atoms with van der Waals surface area (Å²) >= 11 is 0. The van der Waals surface area contributed by atoms with Crippen LogP contribution in [0.1, 0.15) is 38.3 Å². The molecule has 0 aliphatic carbocycles. The summed E-state index contributed by atoms with van der Waals surface area (Å²) in [5, 5.41) is 3.33. The summed E-state index contributed by atoms with van der Waals surface area (Å²) in [6, 6.07) is 6.28. The lowest BCUT2D eigenvalue weighted by molar-refractivity contribution is 0.109. The van der Waals surface area contributed by atoms with Crippen molar-refractivity contribution in [3.63, 3.8) is 0 Å². The van der Waals surface area contributed by atoms with Crippen LogP contribution in [0.2, 0.25) is 0 Å². The lowest BCUT2D eigenvalue weighted by Gasteiger charge is -2.12. The van der Waals surface area contributed by atoms with Crippen LogP contribution in [0, 0.1) is 5.92 Å². The molecule has 0 amide bonds. The minimum Gasteiger partial charge on any atom is -0.496 e. The molecule has 0 aromatic heterocycles. The smallest absolute Gasteiger partial charge is 0.124 e. The second-order valence-corrected chi connectivity index (χ2v) is 5.16. The van der Waals surface area contributed by atoms with Crippen LogP contribution in [-0.2, 0) is 17.9 Å². The van der Waals surface area contributed by atoms with Gasteiger partial charge in [0.15, 0.2) is 0 Å². The van der Waals surface area contributed by atoms with Gasteiger partial charge in [-0.05, 0) is 36.6 Å². The van der Waals surface area contributed by atoms with E-state index in [1.165, 1.54) is 5.56 Å². The van der Waals surface area contributed by atoms with Gasteiger partial charge in [-0.3, -0.25) is 0 Å². The summed E-state index contributed by atoms with van der Waals surface area (Å²) in [5.74, 6) is 1.59. The molecule has 3 heteroatoms. The Hall–Kier alpha value is -1.06. The zero-order valence-corrected chi connectivity index (χ0v) is 12.7. The van der Waals surface area contributed by atoms with Crippen LogP contribution < -0.4 is 10.1 Å². The molecule has 1 rings (SSSR count). The van der Waals surface area contributed by atoms with Crippen molar-refractivity contribution in [1.29, 1.82) is 0 Å². The predicted molar refractivity (Wildman–Crippen MR) is 79.5 cm³/mol. The van der Waals surface area contributed by atoms with Gasteiger partial charge in [0.25, 0.3) is 0 Å². The van der Waals surface area contributed by atoms with E-state index in [2.05, 4.69) is 38.2 Å². The first-order valence-corrected chi connectivity index (χ1v) is 7.11. The van der Waals surface area contributed by atoms with Crippen molar-refractivity contribution in [1.82, 2.24) is 5.32 Å². The van der Waals surface area contributed by atoms with E-state index in [1.807, 2.05) is 6.07 Å². The zero-order valence-electron chi connectivity index (χ0n) is 12.7. The summed E-state index contributed by atoms with van der Waals surface area (Å²) < 4.78 is 11.1. The van der Waals surface area contributed by atoms with Crippen molar-refractivity contribution in [2.24, 2.45) is 5.92 Å². The van der Waals surface area contributed by atoms with E-state index in [0.717, 1.165) is 37.4 Å². The number of hydrogen-bond acceptors (Lipinski definition) is 3. The maximum Gasteiger partial charge on any atom is 0.124 e. The lowest BCUT2D eigenvalue weighted by atomic mass is 10.1. The fourth-order valence-corrected chi connectivity index (χ4v) is 1.83. The average Bonchev–Trinajstić information content (AvgIpc) is 2.41. The van der Waals surface area contributed by atoms with Crippen molar-refractivity contribution < 1.29 is 9.47 Å². The van der Waals surface area contributed by atoms with E-state index >= 15 is 0 Å². The Kier molecular flexibility index (Phi) is 7.53. The molecule has 0 aliphatic rings. The summed E-state index contributed by atoms with van der Waals surface area (Å²) in [4.78, 5) is 0. The molecule has 1 N–H and O–H groups in total. The second-order valence-electron chi connectivity index (χ2n) is 5.16. The van der Waals surface area contributed by atoms with Gasteiger partial charge in [-0.15, -0.1) is 0 Å². The topological polar surface area (TPSA) is 30.5 Å². The van der Waals surface area contributed by atoms with Gasteiger partial charge in [0.05, 0.1) is 13.7 Å². The van der Waals surface area contributed by atoms with Crippen LogP contribution in [0.4, 0.5) is 0 Å². The first-order valence-electron chi connectivity index (χ1n) is 7.11. The standard InChI is InChI=1S/C16H27NO2/c1-5-17-11-14-6-7-16(18-4)15(10-14)12-19-9-8-13(2)3/h6-7,10,13,17H,5,8-9,11-12H2,1-4H3. The van der Waals surface area contributed by atoms with Crippen LogP contribution in [0.25, 0.3) is 0 Å². The molecule has 1 aromatic carbocycles. The van der Waals surface area contributed by atoms with Gasteiger partial charge in [0, 0.05) is 18.7 Å². The number of benzene rings is 1. The SMILES string of the molecule is CCNCc1ccc(OC)c(COCCC(C)C)c1. The Morgan fingerprint density at radius 2 is 2.05 bits per heavy atom. The van der Waals surface area contributed by atoms with E-state index < -0.39 is 0 Å². The fourth-order valence-electron chi connectivity index (χ4n) is 1.83. The molecule has 0 bridgehead atoms. The van der Waals surface area contributed by atoms with E-state index in [9.17, 15) is 0 Å². The predicted octanol–water partition coefficient (Wildman–Crippen LogP) is 3.37. The molecule has 0 atom stereocenters. The zero-order chi connectivity index (χ0) is 14.1. The van der Waals surface area contributed by atoms with Crippen LogP contribution in [0.15, 0.2) is 18.2 Å². The molecule has 0 fully saturated rings. The number of ether oxygens (including phenoxy) is 2. The van der Waals surface area contributed by atoms with E-state index in [-0.39, 0.29) is 0 Å². The highest BCUT2D eigenvalue weighted by Crippen LogP contribution is 2.21. The van der Waals surface area contributed by atoms with E-state index in [4.69, 9.17) is 9.47 Å². The Morgan fingerprint density at radius 3 is 2.68 bits per heavy atom. The molecular weight excluding hydrogens is 238 g/mol. The van der Waals surface area contributed by atoms with Crippen molar-refractivity contribution in [2.75, 3.05) is 20.3 Å². The molecular formula is C16H27NO2. The molecule has 3 nitrogen and oxygen atoms in total. The minimum absolute atomic E-state index is 0.621. The Labute approximate surface area is 117 Å². The summed E-state index contributed by atoms with van der Waals surface area (Å²) in [6.45, 7) is 9.82. The number of nitrogens with one attached hydrogen (secondary N) is 1. The molecule has 0 heterocycles. The quantitative estimate of drug-likeness (QED) is 0.694. The largest absolute Gasteiger partial charge is 0.496 e. The molecule has 0 saturated heterocycles. The Balaban J connectivity index is 2.57. The number of rotatable bonds is 9. The van der Waals surface area contributed by atoms with Crippen molar-refractivity contribution in [3.05, 3.63) is 29.3 Å². The van der Waals surface area contributed by atoms with Crippen molar-refractivity contribution in [3.8, 4) is 5.75 Å². The molecule has 19 heavy (non-hydrogen) atoms. The minimum atomic E-state index is 0.621. The molecule has 0 unspecified atom stereocenters. The monoisotopic (exact) mass is 265 g/mol.